The van der Waals surface area contributed by atoms with Crippen molar-refractivity contribution in [2.45, 2.75) is 13.2 Å². The van der Waals surface area contributed by atoms with Crippen LogP contribution in [0.3, 0.4) is 0 Å². The van der Waals surface area contributed by atoms with Gasteiger partial charge in [0.15, 0.2) is 23.0 Å². The van der Waals surface area contributed by atoms with Crippen LogP contribution in [0.25, 0.3) is 0 Å². The molecule has 29 heavy (non-hydrogen) atoms. The van der Waals surface area contributed by atoms with Crippen LogP contribution in [-0.2, 0) is 6.54 Å². The number of ether oxygens (including phenoxy) is 5. The van der Waals surface area contributed by atoms with Crippen LogP contribution in [0, 0.1) is 0 Å². The van der Waals surface area contributed by atoms with E-state index in [4.69, 9.17) is 18.9 Å². The number of carbonyl (C=O) groups excluding carboxylic acids is 1. The summed E-state index contributed by atoms with van der Waals surface area (Å²) in [5, 5.41) is 0. The van der Waals surface area contributed by atoms with E-state index in [1.165, 1.54) is 45.5 Å². The van der Waals surface area contributed by atoms with Gasteiger partial charge in [0.25, 0.3) is 5.91 Å². The minimum atomic E-state index is -2.99. The molecule has 0 aliphatic carbocycles. The number of carbonyl (C=O) groups is 1. The van der Waals surface area contributed by atoms with Gasteiger partial charge in [0.1, 0.15) is 0 Å². The van der Waals surface area contributed by atoms with E-state index in [1.807, 2.05) is 0 Å². The minimum absolute atomic E-state index is 0.107. The number of alkyl halides is 2. The summed E-state index contributed by atoms with van der Waals surface area (Å²) in [6, 6.07) is 7.73. The molecule has 2 aromatic rings. The molecule has 0 spiro atoms. The molecule has 0 saturated heterocycles. The molecule has 2 rings (SSSR count). The van der Waals surface area contributed by atoms with Crippen molar-refractivity contribution in [1.29, 1.82) is 0 Å². The molecule has 0 aliphatic rings. The molecule has 0 N–H and O–H groups in total. The summed E-state index contributed by atoms with van der Waals surface area (Å²) in [4.78, 5) is 14.4. The number of hydrogen-bond acceptors (Lipinski definition) is 6. The smallest absolute Gasteiger partial charge is 0.387 e. The van der Waals surface area contributed by atoms with Gasteiger partial charge in [0.2, 0.25) is 5.75 Å². The fourth-order valence-corrected chi connectivity index (χ4v) is 2.83. The molecule has 0 aromatic heterocycles. The molecule has 0 radical (unpaired) electrons. The van der Waals surface area contributed by atoms with Crippen LogP contribution in [0.2, 0.25) is 0 Å². The minimum Gasteiger partial charge on any atom is -0.493 e. The molecular weight excluding hydrogens is 388 g/mol. The van der Waals surface area contributed by atoms with Gasteiger partial charge in [0.05, 0.1) is 34.0 Å². The lowest BCUT2D eigenvalue weighted by Gasteiger charge is -2.21. The third-order valence-corrected chi connectivity index (χ3v) is 4.15. The van der Waals surface area contributed by atoms with Gasteiger partial charge in [-0.3, -0.25) is 4.79 Å². The lowest BCUT2D eigenvalue weighted by molar-refractivity contribution is -0.0512. The lowest BCUT2D eigenvalue weighted by Crippen LogP contribution is -2.26. The molecule has 0 fully saturated rings. The lowest BCUT2D eigenvalue weighted by atomic mass is 10.1. The third kappa shape index (κ3) is 4.98. The Morgan fingerprint density at radius 1 is 0.897 bits per heavy atom. The van der Waals surface area contributed by atoms with Gasteiger partial charge in [-0.15, -0.1) is 0 Å². The monoisotopic (exact) mass is 411 g/mol. The summed E-state index contributed by atoms with van der Waals surface area (Å²) in [6.45, 7) is -2.85. The van der Waals surface area contributed by atoms with E-state index in [2.05, 4.69) is 4.74 Å². The zero-order chi connectivity index (χ0) is 21.6. The molecule has 0 heterocycles. The number of nitrogens with zero attached hydrogens (tertiary/aromatic N) is 1. The van der Waals surface area contributed by atoms with Crippen molar-refractivity contribution in [2.24, 2.45) is 0 Å². The number of rotatable bonds is 9. The van der Waals surface area contributed by atoms with Crippen LogP contribution in [0.4, 0.5) is 8.78 Å². The summed E-state index contributed by atoms with van der Waals surface area (Å²) in [6.07, 6.45) is 0. The Morgan fingerprint density at radius 3 is 2.07 bits per heavy atom. The van der Waals surface area contributed by atoms with E-state index < -0.39 is 6.61 Å². The number of amides is 1. The van der Waals surface area contributed by atoms with Crippen LogP contribution in [0.1, 0.15) is 15.9 Å². The molecule has 7 nitrogen and oxygen atoms in total. The Bertz CT molecular complexity index is 859. The first-order chi connectivity index (χ1) is 13.9. The number of methoxy groups -OCH3 is 4. The van der Waals surface area contributed by atoms with E-state index in [0.717, 1.165) is 0 Å². The first-order valence-electron chi connectivity index (χ1n) is 8.52. The highest BCUT2D eigenvalue weighted by atomic mass is 19.3. The molecule has 158 valence electrons. The molecule has 9 heteroatoms. The average molecular weight is 411 g/mol. The third-order valence-electron chi connectivity index (χ3n) is 4.15. The Labute approximate surface area is 167 Å². The van der Waals surface area contributed by atoms with Crippen molar-refractivity contribution < 1.29 is 37.3 Å². The van der Waals surface area contributed by atoms with E-state index in [0.29, 0.717) is 17.1 Å². The second kappa shape index (κ2) is 9.81. The highest BCUT2D eigenvalue weighted by Crippen LogP contribution is 2.40. The van der Waals surface area contributed by atoms with Crippen LogP contribution in [0.5, 0.6) is 28.7 Å². The SMILES string of the molecule is COc1ccc(CN(C)C(=O)c2ccc(OC)c(OC)c2OC)cc1OC(F)F. The normalized spacial score (nSPS) is 10.5. The highest BCUT2D eigenvalue weighted by Gasteiger charge is 2.23. The van der Waals surface area contributed by atoms with Gasteiger partial charge in [-0.2, -0.15) is 8.78 Å². The van der Waals surface area contributed by atoms with Crippen LogP contribution < -0.4 is 23.7 Å². The van der Waals surface area contributed by atoms with E-state index >= 15 is 0 Å². The molecule has 0 aliphatic heterocycles. The Kier molecular flexibility index (Phi) is 7.46. The van der Waals surface area contributed by atoms with Crippen molar-refractivity contribution >= 4 is 5.91 Å². The maximum absolute atomic E-state index is 13.0. The molecule has 2 aromatic carbocycles. The van der Waals surface area contributed by atoms with Gasteiger partial charge in [-0.25, -0.2) is 0 Å². The van der Waals surface area contributed by atoms with Gasteiger partial charge in [-0.1, -0.05) is 6.07 Å². The number of halogens is 2. The Hall–Kier alpha value is -3.23. The zero-order valence-electron chi connectivity index (χ0n) is 16.8. The molecule has 0 atom stereocenters. The summed E-state index contributed by atoms with van der Waals surface area (Å²) in [7, 11) is 7.28. The zero-order valence-corrected chi connectivity index (χ0v) is 16.8. The van der Waals surface area contributed by atoms with E-state index in [-0.39, 0.29) is 35.3 Å². The topological polar surface area (TPSA) is 66.5 Å². The summed E-state index contributed by atoms with van der Waals surface area (Å²) < 4.78 is 50.6. The fraction of sp³-hybridized carbons (Fsp3) is 0.350. The summed E-state index contributed by atoms with van der Waals surface area (Å²) >= 11 is 0. The second-order valence-electron chi connectivity index (χ2n) is 5.91. The summed E-state index contributed by atoms with van der Waals surface area (Å²) in [5.41, 5.74) is 0.849. The van der Waals surface area contributed by atoms with Crippen molar-refractivity contribution in [1.82, 2.24) is 4.90 Å². The number of hydrogen-bond donors (Lipinski definition) is 0. The molecular formula is C20H23F2NO6. The van der Waals surface area contributed by atoms with Crippen molar-refractivity contribution in [2.75, 3.05) is 35.5 Å². The van der Waals surface area contributed by atoms with Gasteiger partial charge >= 0.3 is 6.61 Å². The molecule has 1 amide bonds. The van der Waals surface area contributed by atoms with Crippen LogP contribution in [-0.4, -0.2) is 52.9 Å². The van der Waals surface area contributed by atoms with E-state index in [1.54, 1.807) is 25.2 Å². The molecule has 0 unspecified atom stereocenters. The van der Waals surface area contributed by atoms with Crippen molar-refractivity contribution in [3.8, 4) is 28.7 Å². The second-order valence-corrected chi connectivity index (χ2v) is 5.91. The molecule has 0 bridgehead atoms. The van der Waals surface area contributed by atoms with Crippen molar-refractivity contribution in [3.63, 3.8) is 0 Å². The van der Waals surface area contributed by atoms with Gasteiger partial charge < -0.3 is 28.6 Å². The Morgan fingerprint density at radius 2 is 1.52 bits per heavy atom. The van der Waals surface area contributed by atoms with Gasteiger partial charge in [-0.05, 0) is 29.8 Å². The van der Waals surface area contributed by atoms with Crippen LogP contribution in [0.15, 0.2) is 30.3 Å². The quantitative estimate of drug-likeness (QED) is 0.628. The number of benzene rings is 2. The Balaban J connectivity index is 2.30. The summed E-state index contributed by atoms with van der Waals surface area (Å²) in [5.74, 6) is 0.669. The van der Waals surface area contributed by atoms with E-state index in [9.17, 15) is 13.6 Å². The predicted octanol–water partition coefficient (Wildman–Crippen LogP) is 3.59. The highest BCUT2D eigenvalue weighted by molar-refractivity contribution is 5.98. The first-order valence-corrected chi connectivity index (χ1v) is 8.52. The average Bonchev–Trinajstić information content (AvgIpc) is 2.71. The van der Waals surface area contributed by atoms with Crippen molar-refractivity contribution in [3.05, 3.63) is 41.5 Å². The maximum atomic E-state index is 13.0. The van der Waals surface area contributed by atoms with Crippen LogP contribution >= 0.6 is 0 Å². The van der Waals surface area contributed by atoms with Gasteiger partial charge in [0, 0.05) is 13.6 Å². The molecule has 0 saturated carbocycles. The predicted molar refractivity (Wildman–Crippen MR) is 102 cm³/mol. The largest absolute Gasteiger partial charge is 0.493 e. The maximum Gasteiger partial charge on any atom is 0.387 e. The fourth-order valence-electron chi connectivity index (χ4n) is 2.83. The standard InChI is InChI=1S/C20H23F2NO6/c1-23(11-12-6-8-14(25-2)16(10-12)29-20(21)22)19(24)13-7-9-15(26-3)18(28-5)17(13)27-4/h6-10,20H,11H2,1-5H3. The first kappa shape index (κ1) is 22.1.